The molecule has 0 aliphatic carbocycles. The summed E-state index contributed by atoms with van der Waals surface area (Å²) in [6.45, 7) is 2.76. The number of para-hydroxylation sites is 1. The lowest BCUT2D eigenvalue weighted by Gasteiger charge is -2.34. The van der Waals surface area contributed by atoms with Crippen molar-refractivity contribution >= 4 is 59.6 Å². The van der Waals surface area contributed by atoms with Gasteiger partial charge < -0.3 is 14.2 Å². The van der Waals surface area contributed by atoms with E-state index in [9.17, 15) is 10.1 Å². The van der Waals surface area contributed by atoms with Gasteiger partial charge in [-0.2, -0.15) is 5.26 Å². The van der Waals surface area contributed by atoms with Gasteiger partial charge in [0.2, 0.25) is 5.91 Å². The molecular formula is C28H25Cl4N5O2. The molecule has 1 aliphatic heterocycles. The van der Waals surface area contributed by atoms with Gasteiger partial charge in [-0.1, -0.05) is 47.5 Å². The van der Waals surface area contributed by atoms with E-state index in [0.717, 1.165) is 23.5 Å². The SMILES string of the molecule is Cl.Cl.N#Cc1ccc(Cn2cncc2CN2CCN(c3cccc(Cl)c3)C(=O)C2)cc1Oc1ccccc1Cl. The molecule has 0 spiro atoms. The first kappa shape index (κ1) is 30.3. The second kappa shape index (κ2) is 13.7. The number of nitrogens with zero attached hydrogens (tertiary/aromatic N) is 5. The normalized spacial score (nSPS) is 13.3. The van der Waals surface area contributed by atoms with Gasteiger partial charge in [0.05, 0.1) is 29.2 Å². The van der Waals surface area contributed by atoms with Crippen LogP contribution in [0.5, 0.6) is 11.5 Å². The summed E-state index contributed by atoms with van der Waals surface area (Å²) >= 11 is 12.3. The molecule has 1 amide bonds. The summed E-state index contributed by atoms with van der Waals surface area (Å²) in [5.74, 6) is 0.966. The molecule has 1 fully saturated rings. The van der Waals surface area contributed by atoms with Crippen molar-refractivity contribution < 1.29 is 9.53 Å². The first-order valence-corrected chi connectivity index (χ1v) is 12.5. The van der Waals surface area contributed by atoms with Gasteiger partial charge >= 0.3 is 0 Å². The second-order valence-electron chi connectivity index (χ2n) is 8.72. The average molecular weight is 605 g/mol. The Morgan fingerprint density at radius 2 is 1.77 bits per heavy atom. The van der Waals surface area contributed by atoms with Crippen LogP contribution in [0.25, 0.3) is 0 Å². The number of halogens is 4. The molecule has 1 aliphatic rings. The van der Waals surface area contributed by atoms with E-state index in [-0.39, 0.29) is 30.7 Å². The minimum atomic E-state index is 0. The summed E-state index contributed by atoms with van der Waals surface area (Å²) in [4.78, 5) is 21.1. The lowest BCUT2D eigenvalue weighted by Crippen LogP contribution is -2.50. The van der Waals surface area contributed by atoms with Crippen LogP contribution in [0.1, 0.15) is 16.8 Å². The molecule has 0 N–H and O–H groups in total. The van der Waals surface area contributed by atoms with E-state index >= 15 is 0 Å². The number of aromatic nitrogens is 2. The standard InChI is InChI=1S/C28H23Cl2N5O2.2ClH/c29-22-4-3-5-23(13-22)35-11-10-33(18-28(35)36)17-24-15-32-19-34(24)16-20-8-9-21(14-31)27(12-20)37-26-7-2-1-6-25(26)30;;/h1-9,12-13,15,19H,10-11,16-18H2;2*1H. The second-order valence-corrected chi connectivity index (χ2v) is 9.57. The van der Waals surface area contributed by atoms with Crippen molar-refractivity contribution in [3.05, 3.63) is 106 Å². The molecule has 0 bridgehead atoms. The van der Waals surface area contributed by atoms with Crippen molar-refractivity contribution in [1.29, 1.82) is 5.26 Å². The fourth-order valence-electron chi connectivity index (χ4n) is 4.31. The Morgan fingerprint density at radius 1 is 0.949 bits per heavy atom. The number of anilines is 1. The number of imidazole rings is 1. The van der Waals surface area contributed by atoms with E-state index in [2.05, 4.69) is 16.0 Å². The largest absolute Gasteiger partial charge is 0.454 e. The summed E-state index contributed by atoms with van der Waals surface area (Å²) in [5, 5.41) is 10.6. The van der Waals surface area contributed by atoms with E-state index in [1.54, 1.807) is 35.5 Å². The summed E-state index contributed by atoms with van der Waals surface area (Å²) < 4.78 is 8.01. The summed E-state index contributed by atoms with van der Waals surface area (Å²) in [5.41, 5.74) is 3.17. The van der Waals surface area contributed by atoms with E-state index in [4.69, 9.17) is 27.9 Å². The molecule has 11 heteroatoms. The van der Waals surface area contributed by atoms with Gasteiger partial charge in [0, 0.05) is 43.1 Å². The molecule has 1 aromatic heterocycles. The number of ether oxygens (including phenoxy) is 1. The molecule has 39 heavy (non-hydrogen) atoms. The van der Waals surface area contributed by atoms with Crippen molar-refractivity contribution in [1.82, 2.24) is 14.5 Å². The summed E-state index contributed by atoms with van der Waals surface area (Å²) in [6, 6.07) is 22.2. The van der Waals surface area contributed by atoms with E-state index in [1.807, 2.05) is 53.2 Å². The third kappa shape index (κ3) is 7.24. The van der Waals surface area contributed by atoms with Crippen LogP contribution in [0, 0.1) is 11.3 Å². The van der Waals surface area contributed by atoms with Gasteiger partial charge in [0.25, 0.3) is 0 Å². The van der Waals surface area contributed by atoms with Gasteiger partial charge in [-0.15, -0.1) is 24.8 Å². The third-order valence-corrected chi connectivity index (χ3v) is 6.73. The number of piperazine rings is 1. The van der Waals surface area contributed by atoms with E-state index < -0.39 is 0 Å². The first-order chi connectivity index (χ1) is 18.0. The summed E-state index contributed by atoms with van der Waals surface area (Å²) in [6.07, 6.45) is 3.59. The molecule has 0 saturated carbocycles. The summed E-state index contributed by atoms with van der Waals surface area (Å²) in [7, 11) is 0. The maximum Gasteiger partial charge on any atom is 0.241 e. The minimum Gasteiger partial charge on any atom is -0.454 e. The molecule has 1 saturated heterocycles. The van der Waals surface area contributed by atoms with Gasteiger partial charge in [-0.05, 0) is 48.0 Å². The van der Waals surface area contributed by atoms with E-state index in [0.29, 0.717) is 53.3 Å². The average Bonchev–Trinajstić information content (AvgIpc) is 3.32. The smallest absolute Gasteiger partial charge is 0.241 e. The molecule has 0 unspecified atom stereocenters. The number of amides is 1. The minimum absolute atomic E-state index is 0. The molecule has 4 aromatic rings. The number of benzene rings is 3. The quantitative estimate of drug-likeness (QED) is 0.238. The zero-order valence-corrected chi connectivity index (χ0v) is 23.8. The number of rotatable bonds is 7. The number of hydrogen-bond acceptors (Lipinski definition) is 5. The van der Waals surface area contributed by atoms with Crippen LogP contribution in [0.4, 0.5) is 5.69 Å². The fraction of sp³-hybridized carbons (Fsp3) is 0.179. The zero-order valence-electron chi connectivity index (χ0n) is 20.7. The van der Waals surface area contributed by atoms with Crippen molar-refractivity contribution in [2.24, 2.45) is 0 Å². The van der Waals surface area contributed by atoms with Crippen molar-refractivity contribution in [3.63, 3.8) is 0 Å². The molecule has 0 radical (unpaired) electrons. The van der Waals surface area contributed by atoms with Crippen LogP contribution in [0.2, 0.25) is 10.0 Å². The van der Waals surface area contributed by atoms with Crippen LogP contribution < -0.4 is 9.64 Å². The highest BCUT2D eigenvalue weighted by atomic mass is 35.5. The molecule has 7 nitrogen and oxygen atoms in total. The lowest BCUT2D eigenvalue weighted by atomic mass is 10.1. The highest BCUT2D eigenvalue weighted by Gasteiger charge is 2.26. The fourth-order valence-corrected chi connectivity index (χ4v) is 4.67. The number of hydrogen-bond donors (Lipinski definition) is 0. The Bertz CT molecular complexity index is 1490. The van der Waals surface area contributed by atoms with Crippen molar-refractivity contribution in [3.8, 4) is 17.6 Å². The predicted octanol–water partition coefficient (Wildman–Crippen LogP) is 6.59. The molecule has 2 heterocycles. The molecule has 202 valence electrons. The molecular weight excluding hydrogens is 580 g/mol. The van der Waals surface area contributed by atoms with Gasteiger partial charge in [-0.3, -0.25) is 9.69 Å². The molecule has 5 rings (SSSR count). The Kier molecular flexibility index (Phi) is 10.6. The van der Waals surface area contributed by atoms with Crippen molar-refractivity contribution in [2.75, 3.05) is 24.5 Å². The van der Waals surface area contributed by atoms with Crippen LogP contribution in [-0.4, -0.2) is 40.0 Å². The Hall–Kier alpha value is -3.25. The van der Waals surface area contributed by atoms with E-state index in [1.165, 1.54) is 0 Å². The van der Waals surface area contributed by atoms with Gasteiger partial charge in [-0.25, -0.2) is 4.98 Å². The number of carbonyl (C=O) groups excluding carboxylic acids is 1. The third-order valence-electron chi connectivity index (χ3n) is 6.18. The highest BCUT2D eigenvalue weighted by molar-refractivity contribution is 6.32. The maximum atomic E-state index is 12.9. The first-order valence-electron chi connectivity index (χ1n) is 11.7. The topological polar surface area (TPSA) is 74.4 Å². The number of carbonyl (C=O) groups is 1. The van der Waals surface area contributed by atoms with Gasteiger partial charge in [0.1, 0.15) is 17.6 Å². The van der Waals surface area contributed by atoms with Gasteiger partial charge in [0.15, 0.2) is 0 Å². The Morgan fingerprint density at radius 3 is 2.51 bits per heavy atom. The molecule has 0 atom stereocenters. The zero-order chi connectivity index (χ0) is 25.8. The highest BCUT2D eigenvalue weighted by Crippen LogP contribution is 2.31. The Balaban J connectivity index is 0.00000210. The van der Waals surface area contributed by atoms with Crippen molar-refractivity contribution in [2.45, 2.75) is 13.1 Å². The molecule has 3 aromatic carbocycles. The Labute approximate surface area is 249 Å². The monoisotopic (exact) mass is 603 g/mol. The predicted molar refractivity (Wildman–Crippen MR) is 158 cm³/mol. The van der Waals surface area contributed by atoms with Crippen LogP contribution in [-0.2, 0) is 17.9 Å². The maximum absolute atomic E-state index is 12.9. The number of nitriles is 1. The van der Waals surface area contributed by atoms with Crippen LogP contribution >= 0.6 is 48.0 Å². The van der Waals surface area contributed by atoms with Crippen LogP contribution in [0.3, 0.4) is 0 Å². The van der Waals surface area contributed by atoms with Crippen LogP contribution in [0.15, 0.2) is 79.3 Å². The lowest BCUT2D eigenvalue weighted by molar-refractivity contribution is -0.121.